The molecule has 1 aromatic rings. The molecule has 0 radical (unpaired) electrons. The molecular weight excluding hydrogens is 154 g/mol. The standard InChI is InChI=1S/C9H9NO2/c1-6-7-3-2-4-8(6)10-9(11)12-5-7/h2-4H,5H2,1H3,(H,10,11). The van der Waals surface area contributed by atoms with E-state index < -0.39 is 0 Å². The minimum atomic E-state index is -0.376. The molecule has 2 bridgehead atoms. The highest BCUT2D eigenvalue weighted by atomic mass is 16.5. The van der Waals surface area contributed by atoms with Crippen molar-refractivity contribution in [2.75, 3.05) is 5.32 Å². The van der Waals surface area contributed by atoms with E-state index in [0.717, 1.165) is 16.8 Å². The number of carbonyl (C=O) groups excluding carboxylic acids is 1. The second-order valence-electron chi connectivity index (χ2n) is 2.79. The van der Waals surface area contributed by atoms with E-state index in [0.29, 0.717) is 6.61 Å². The van der Waals surface area contributed by atoms with Gasteiger partial charge in [-0.2, -0.15) is 0 Å². The summed E-state index contributed by atoms with van der Waals surface area (Å²) in [6, 6.07) is 5.73. The van der Waals surface area contributed by atoms with Crippen LogP contribution in [0.5, 0.6) is 0 Å². The first-order valence-electron chi connectivity index (χ1n) is 3.79. The second-order valence-corrected chi connectivity index (χ2v) is 2.79. The van der Waals surface area contributed by atoms with E-state index in [1.165, 1.54) is 0 Å². The Hall–Kier alpha value is -1.51. The normalized spacial score (nSPS) is 14.6. The molecule has 1 amide bonds. The zero-order valence-corrected chi connectivity index (χ0v) is 6.76. The predicted molar refractivity (Wildman–Crippen MR) is 45.0 cm³/mol. The molecule has 0 aliphatic carbocycles. The fraction of sp³-hybridized carbons (Fsp3) is 0.222. The van der Waals surface area contributed by atoms with Crippen LogP contribution < -0.4 is 5.32 Å². The number of fused-ring (bicyclic) bond motifs is 2. The van der Waals surface area contributed by atoms with Gasteiger partial charge in [0.25, 0.3) is 0 Å². The van der Waals surface area contributed by atoms with Gasteiger partial charge in [-0.25, -0.2) is 4.79 Å². The van der Waals surface area contributed by atoms with Gasteiger partial charge in [-0.05, 0) is 24.1 Å². The van der Waals surface area contributed by atoms with Crippen LogP contribution >= 0.6 is 0 Å². The highest BCUT2D eigenvalue weighted by Gasteiger charge is 2.13. The van der Waals surface area contributed by atoms with Crippen LogP contribution in [0.15, 0.2) is 18.2 Å². The van der Waals surface area contributed by atoms with E-state index in [1.807, 2.05) is 25.1 Å². The maximum atomic E-state index is 10.9. The van der Waals surface area contributed by atoms with Crippen molar-refractivity contribution >= 4 is 11.8 Å². The summed E-state index contributed by atoms with van der Waals surface area (Å²) in [4.78, 5) is 10.9. The molecule has 3 nitrogen and oxygen atoms in total. The van der Waals surface area contributed by atoms with E-state index in [4.69, 9.17) is 4.74 Å². The van der Waals surface area contributed by atoms with Crippen LogP contribution in [0.3, 0.4) is 0 Å². The fourth-order valence-electron chi connectivity index (χ4n) is 1.26. The predicted octanol–water partition coefficient (Wildman–Crippen LogP) is 2.06. The van der Waals surface area contributed by atoms with Crippen molar-refractivity contribution in [3.8, 4) is 0 Å². The molecule has 1 aromatic carbocycles. The molecule has 12 heavy (non-hydrogen) atoms. The lowest BCUT2D eigenvalue weighted by Crippen LogP contribution is -2.10. The molecule has 1 N–H and O–H groups in total. The number of amides is 1. The van der Waals surface area contributed by atoms with Crippen LogP contribution in [-0.4, -0.2) is 6.09 Å². The third-order valence-corrected chi connectivity index (χ3v) is 2.04. The Morgan fingerprint density at radius 2 is 2.33 bits per heavy atom. The van der Waals surface area contributed by atoms with Crippen molar-refractivity contribution in [3.05, 3.63) is 29.3 Å². The lowest BCUT2D eigenvalue weighted by molar-refractivity contribution is 0.156. The topological polar surface area (TPSA) is 38.3 Å². The molecule has 2 rings (SSSR count). The zero-order valence-electron chi connectivity index (χ0n) is 6.76. The Kier molecular flexibility index (Phi) is 1.50. The number of benzene rings is 1. The quantitative estimate of drug-likeness (QED) is 0.635. The molecule has 1 aliphatic heterocycles. The van der Waals surface area contributed by atoms with Crippen LogP contribution in [0, 0.1) is 6.92 Å². The summed E-state index contributed by atoms with van der Waals surface area (Å²) >= 11 is 0. The molecule has 0 spiro atoms. The summed E-state index contributed by atoms with van der Waals surface area (Å²) in [7, 11) is 0. The van der Waals surface area contributed by atoms with E-state index >= 15 is 0 Å². The Labute approximate surface area is 70.3 Å². The Bertz CT molecular complexity index is 333. The Balaban J connectivity index is 2.52. The number of ether oxygens (including phenoxy) is 1. The van der Waals surface area contributed by atoms with Crippen LogP contribution in [0.2, 0.25) is 0 Å². The van der Waals surface area contributed by atoms with Crippen molar-refractivity contribution in [1.29, 1.82) is 0 Å². The fourth-order valence-corrected chi connectivity index (χ4v) is 1.26. The van der Waals surface area contributed by atoms with E-state index in [1.54, 1.807) is 0 Å². The minimum Gasteiger partial charge on any atom is -0.444 e. The van der Waals surface area contributed by atoms with Gasteiger partial charge in [-0.1, -0.05) is 12.1 Å². The molecule has 1 heterocycles. The van der Waals surface area contributed by atoms with Crippen LogP contribution in [-0.2, 0) is 11.3 Å². The number of carbonyl (C=O) groups is 1. The summed E-state index contributed by atoms with van der Waals surface area (Å²) in [5.74, 6) is 0. The van der Waals surface area contributed by atoms with Crippen molar-refractivity contribution in [2.24, 2.45) is 0 Å². The van der Waals surface area contributed by atoms with Gasteiger partial charge in [0.2, 0.25) is 0 Å². The maximum absolute atomic E-state index is 10.9. The first-order valence-corrected chi connectivity index (χ1v) is 3.79. The summed E-state index contributed by atoms with van der Waals surface area (Å²) in [5, 5.41) is 2.65. The average molecular weight is 163 g/mol. The highest BCUT2D eigenvalue weighted by molar-refractivity contribution is 5.86. The number of hydrogen-bond donors (Lipinski definition) is 1. The number of anilines is 1. The Morgan fingerprint density at radius 3 is 3.17 bits per heavy atom. The van der Waals surface area contributed by atoms with Gasteiger partial charge in [0.15, 0.2) is 0 Å². The van der Waals surface area contributed by atoms with Gasteiger partial charge >= 0.3 is 6.09 Å². The molecule has 1 aliphatic rings. The van der Waals surface area contributed by atoms with Gasteiger partial charge in [-0.15, -0.1) is 0 Å². The van der Waals surface area contributed by atoms with Crippen LogP contribution in [0.1, 0.15) is 11.1 Å². The second kappa shape index (κ2) is 2.52. The summed E-state index contributed by atoms with van der Waals surface area (Å²) in [5.41, 5.74) is 2.99. The molecule has 62 valence electrons. The van der Waals surface area contributed by atoms with Gasteiger partial charge in [0.1, 0.15) is 6.61 Å². The molecule has 0 atom stereocenters. The average Bonchev–Trinajstić information content (AvgIpc) is 2.17. The molecule has 0 saturated heterocycles. The number of cyclic esters (lactones) is 1. The summed E-state index contributed by atoms with van der Waals surface area (Å²) < 4.78 is 4.89. The molecule has 0 fully saturated rings. The Morgan fingerprint density at radius 1 is 1.50 bits per heavy atom. The zero-order chi connectivity index (χ0) is 8.55. The van der Waals surface area contributed by atoms with Gasteiger partial charge < -0.3 is 4.74 Å². The van der Waals surface area contributed by atoms with Gasteiger partial charge in [0.05, 0.1) is 0 Å². The first-order chi connectivity index (χ1) is 5.77. The molecule has 0 aromatic heterocycles. The third kappa shape index (κ3) is 1.03. The largest absolute Gasteiger partial charge is 0.444 e. The number of rotatable bonds is 0. The monoisotopic (exact) mass is 163 g/mol. The smallest absolute Gasteiger partial charge is 0.411 e. The van der Waals surface area contributed by atoms with E-state index in [-0.39, 0.29) is 6.09 Å². The minimum absolute atomic E-state index is 0.367. The van der Waals surface area contributed by atoms with Crippen molar-refractivity contribution < 1.29 is 9.53 Å². The van der Waals surface area contributed by atoms with Crippen LogP contribution in [0.25, 0.3) is 0 Å². The molecular formula is C9H9NO2. The van der Waals surface area contributed by atoms with Gasteiger partial charge in [0, 0.05) is 5.69 Å². The maximum Gasteiger partial charge on any atom is 0.411 e. The molecule has 3 heteroatoms. The first kappa shape index (κ1) is 7.16. The third-order valence-electron chi connectivity index (χ3n) is 2.04. The highest BCUT2D eigenvalue weighted by Crippen LogP contribution is 2.22. The SMILES string of the molecule is Cc1c2cccc1NC(=O)OC2. The van der Waals surface area contributed by atoms with Gasteiger partial charge in [-0.3, -0.25) is 5.32 Å². The lowest BCUT2D eigenvalue weighted by atomic mass is 10.1. The van der Waals surface area contributed by atoms with E-state index in [2.05, 4.69) is 5.32 Å². The lowest BCUT2D eigenvalue weighted by Gasteiger charge is -2.02. The van der Waals surface area contributed by atoms with Crippen molar-refractivity contribution in [1.82, 2.24) is 0 Å². The molecule has 0 saturated carbocycles. The van der Waals surface area contributed by atoms with Crippen molar-refractivity contribution in [2.45, 2.75) is 13.5 Å². The van der Waals surface area contributed by atoms with E-state index in [9.17, 15) is 4.79 Å². The molecule has 0 unspecified atom stereocenters. The van der Waals surface area contributed by atoms with Crippen LogP contribution in [0.4, 0.5) is 10.5 Å². The number of hydrogen-bond acceptors (Lipinski definition) is 2. The van der Waals surface area contributed by atoms with Crippen molar-refractivity contribution in [3.63, 3.8) is 0 Å². The number of nitrogens with one attached hydrogen (secondary N) is 1. The summed E-state index contributed by atoms with van der Waals surface area (Å²) in [6.45, 7) is 2.34. The summed E-state index contributed by atoms with van der Waals surface area (Å²) in [6.07, 6.45) is -0.376.